The van der Waals surface area contributed by atoms with Crippen LogP contribution in [0.5, 0.6) is 0 Å². The molecule has 0 saturated heterocycles. The van der Waals surface area contributed by atoms with Crippen LogP contribution in [0.4, 0.5) is 18.9 Å². The smallest absolute Gasteiger partial charge is 0.255 e. The zero-order valence-corrected chi connectivity index (χ0v) is 13.7. The van der Waals surface area contributed by atoms with Crippen molar-refractivity contribution in [1.29, 1.82) is 0 Å². The van der Waals surface area contributed by atoms with Crippen molar-refractivity contribution in [3.05, 3.63) is 65.0 Å². The summed E-state index contributed by atoms with van der Waals surface area (Å²) in [5.74, 6) is -5.15. The lowest BCUT2D eigenvalue weighted by molar-refractivity contribution is 0.0947. The van der Waals surface area contributed by atoms with Crippen molar-refractivity contribution in [3.8, 4) is 0 Å². The maximum Gasteiger partial charge on any atom is 0.255 e. The maximum absolute atomic E-state index is 13.6. The van der Waals surface area contributed by atoms with Crippen LogP contribution in [0.2, 0.25) is 0 Å². The predicted octanol–water partition coefficient (Wildman–Crippen LogP) is 3.74. The van der Waals surface area contributed by atoms with Gasteiger partial charge in [-0.25, -0.2) is 13.2 Å². The van der Waals surface area contributed by atoms with Crippen molar-refractivity contribution in [3.63, 3.8) is 0 Å². The molecule has 2 aromatic rings. The lowest BCUT2D eigenvalue weighted by Gasteiger charge is -2.09. The summed E-state index contributed by atoms with van der Waals surface area (Å²) >= 11 is 0. The van der Waals surface area contributed by atoms with E-state index in [0.717, 1.165) is 12.1 Å². The van der Waals surface area contributed by atoms with E-state index in [-0.39, 0.29) is 11.5 Å². The molecule has 25 heavy (non-hydrogen) atoms. The van der Waals surface area contributed by atoms with E-state index in [0.29, 0.717) is 18.0 Å². The minimum Gasteiger partial charge on any atom is -0.352 e. The minimum absolute atomic E-state index is 0.143. The molecule has 0 bridgehead atoms. The third kappa shape index (κ3) is 4.59. The summed E-state index contributed by atoms with van der Waals surface area (Å²) in [6.45, 7) is 4.45. The summed E-state index contributed by atoms with van der Waals surface area (Å²) in [7, 11) is 0. The van der Waals surface area contributed by atoms with Crippen molar-refractivity contribution in [2.75, 3.05) is 11.9 Å². The molecule has 0 aliphatic heterocycles. The highest BCUT2D eigenvalue weighted by Gasteiger charge is 2.16. The molecule has 0 unspecified atom stereocenters. The summed E-state index contributed by atoms with van der Waals surface area (Å²) in [5.41, 5.74) is 0.0448. The highest BCUT2D eigenvalue weighted by atomic mass is 19.2. The van der Waals surface area contributed by atoms with Gasteiger partial charge in [0.1, 0.15) is 0 Å². The van der Waals surface area contributed by atoms with Crippen LogP contribution in [-0.4, -0.2) is 18.4 Å². The van der Waals surface area contributed by atoms with Gasteiger partial charge in [0.15, 0.2) is 17.5 Å². The van der Waals surface area contributed by atoms with Crippen LogP contribution >= 0.6 is 0 Å². The average molecular weight is 350 g/mol. The van der Waals surface area contributed by atoms with Gasteiger partial charge in [-0.1, -0.05) is 13.8 Å². The quantitative estimate of drug-likeness (QED) is 0.807. The van der Waals surface area contributed by atoms with Gasteiger partial charge in [-0.3, -0.25) is 9.59 Å². The van der Waals surface area contributed by atoms with Crippen LogP contribution in [0.1, 0.15) is 34.6 Å². The molecule has 0 fully saturated rings. The molecule has 0 spiro atoms. The Labute approximate surface area is 143 Å². The van der Waals surface area contributed by atoms with Crippen LogP contribution in [0.25, 0.3) is 0 Å². The van der Waals surface area contributed by atoms with Crippen molar-refractivity contribution in [2.24, 2.45) is 5.92 Å². The molecule has 132 valence electrons. The Morgan fingerprint density at radius 1 is 0.880 bits per heavy atom. The zero-order chi connectivity index (χ0) is 18.6. The van der Waals surface area contributed by atoms with Crippen LogP contribution in [-0.2, 0) is 0 Å². The standard InChI is InChI=1S/C18H17F3N2O2/c1-10(2)9-22-17(24)11-3-5-12(6-4-11)18(25)23-14-8-7-13(19)15(20)16(14)21/h3-8,10H,9H2,1-2H3,(H,22,24)(H,23,25). The van der Waals surface area contributed by atoms with Crippen LogP contribution in [0.15, 0.2) is 36.4 Å². The van der Waals surface area contributed by atoms with E-state index in [9.17, 15) is 22.8 Å². The Kier molecular flexibility index (Phi) is 5.80. The molecule has 2 rings (SSSR count). The lowest BCUT2D eigenvalue weighted by Crippen LogP contribution is -2.27. The van der Waals surface area contributed by atoms with Gasteiger partial charge in [0.05, 0.1) is 5.69 Å². The molecule has 0 aromatic heterocycles. The van der Waals surface area contributed by atoms with Crippen molar-refractivity contribution < 1.29 is 22.8 Å². The first-order valence-corrected chi connectivity index (χ1v) is 7.62. The average Bonchev–Trinajstić information content (AvgIpc) is 2.60. The summed E-state index contributed by atoms with van der Waals surface area (Å²) in [4.78, 5) is 24.0. The fourth-order valence-electron chi connectivity index (χ4n) is 1.99. The number of carbonyl (C=O) groups excluding carboxylic acids is 2. The number of anilines is 1. The van der Waals surface area contributed by atoms with Crippen molar-refractivity contribution in [2.45, 2.75) is 13.8 Å². The molecule has 0 aliphatic carbocycles. The molecule has 2 amide bonds. The van der Waals surface area contributed by atoms with E-state index in [1.165, 1.54) is 24.3 Å². The summed E-state index contributed by atoms with van der Waals surface area (Å²) in [6, 6.07) is 7.32. The number of carbonyl (C=O) groups is 2. The Balaban J connectivity index is 2.08. The fraction of sp³-hybridized carbons (Fsp3) is 0.222. The second-order valence-corrected chi connectivity index (χ2v) is 5.86. The monoisotopic (exact) mass is 350 g/mol. The third-order valence-corrected chi connectivity index (χ3v) is 3.36. The largest absolute Gasteiger partial charge is 0.352 e. The summed E-state index contributed by atoms with van der Waals surface area (Å²) in [6.07, 6.45) is 0. The van der Waals surface area contributed by atoms with Crippen molar-refractivity contribution >= 4 is 17.5 Å². The Morgan fingerprint density at radius 2 is 1.44 bits per heavy atom. The van der Waals surface area contributed by atoms with Crippen LogP contribution in [0, 0.1) is 23.4 Å². The molecule has 0 radical (unpaired) electrons. The Hall–Kier alpha value is -2.83. The molecule has 4 nitrogen and oxygen atoms in total. The first kappa shape index (κ1) is 18.5. The van der Waals surface area contributed by atoms with Crippen LogP contribution in [0.3, 0.4) is 0 Å². The SMILES string of the molecule is CC(C)CNC(=O)c1ccc(C(=O)Nc2ccc(F)c(F)c2F)cc1. The number of hydrogen-bond acceptors (Lipinski definition) is 2. The zero-order valence-electron chi connectivity index (χ0n) is 13.7. The van der Waals surface area contributed by atoms with E-state index in [1.54, 1.807) is 0 Å². The number of nitrogens with one attached hydrogen (secondary N) is 2. The minimum atomic E-state index is -1.66. The van der Waals surface area contributed by atoms with E-state index in [4.69, 9.17) is 0 Å². The van der Waals surface area contributed by atoms with Crippen LogP contribution < -0.4 is 10.6 Å². The number of halogens is 3. The molecule has 0 heterocycles. The number of hydrogen-bond donors (Lipinski definition) is 2. The Morgan fingerprint density at radius 3 is 2.00 bits per heavy atom. The second kappa shape index (κ2) is 7.83. The van der Waals surface area contributed by atoms with Gasteiger partial charge in [-0.15, -0.1) is 0 Å². The highest BCUT2D eigenvalue weighted by molar-refractivity contribution is 6.05. The molecule has 2 aromatic carbocycles. The second-order valence-electron chi connectivity index (χ2n) is 5.86. The third-order valence-electron chi connectivity index (χ3n) is 3.36. The molecular weight excluding hydrogens is 333 g/mol. The lowest BCUT2D eigenvalue weighted by atomic mass is 10.1. The molecule has 0 saturated carbocycles. The van der Waals surface area contributed by atoms with Gasteiger partial charge >= 0.3 is 0 Å². The highest BCUT2D eigenvalue weighted by Crippen LogP contribution is 2.20. The fourth-order valence-corrected chi connectivity index (χ4v) is 1.99. The number of rotatable bonds is 5. The Bertz CT molecular complexity index is 790. The van der Waals surface area contributed by atoms with E-state index >= 15 is 0 Å². The van der Waals surface area contributed by atoms with Gasteiger partial charge in [-0.05, 0) is 42.3 Å². The summed E-state index contributed by atoms with van der Waals surface area (Å²) in [5, 5.41) is 4.90. The van der Waals surface area contributed by atoms with Gasteiger partial charge in [0, 0.05) is 17.7 Å². The topological polar surface area (TPSA) is 58.2 Å². The maximum atomic E-state index is 13.6. The summed E-state index contributed by atoms with van der Waals surface area (Å²) < 4.78 is 39.6. The first-order chi connectivity index (χ1) is 11.8. The normalized spacial score (nSPS) is 10.6. The van der Waals surface area contributed by atoms with E-state index < -0.39 is 29.0 Å². The van der Waals surface area contributed by atoms with Gasteiger partial charge in [-0.2, -0.15) is 0 Å². The molecule has 2 N–H and O–H groups in total. The predicted molar refractivity (Wildman–Crippen MR) is 87.9 cm³/mol. The molecule has 0 atom stereocenters. The first-order valence-electron chi connectivity index (χ1n) is 7.62. The molecular formula is C18H17F3N2O2. The molecule has 0 aliphatic rings. The van der Waals surface area contributed by atoms with E-state index in [2.05, 4.69) is 10.6 Å². The number of amides is 2. The van der Waals surface area contributed by atoms with E-state index in [1.807, 2.05) is 13.8 Å². The molecule has 7 heteroatoms. The van der Waals surface area contributed by atoms with Gasteiger partial charge < -0.3 is 10.6 Å². The van der Waals surface area contributed by atoms with Gasteiger partial charge in [0.25, 0.3) is 11.8 Å². The van der Waals surface area contributed by atoms with Crippen molar-refractivity contribution in [1.82, 2.24) is 5.32 Å². The number of benzene rings is 2. The van der Waals surface area contributed by atoms with Gasteiger partial charge in [0.2, 0.25) is 0 Å².